The van der Waals surface area contributed by atoms with Crippen molar-refractivity contribution in [2.24, 2.45) is 0 Å². The van der Waals surface area contributed by atoms with Crippen molar-refractivity contribution in [2.45, 2.75) is 37.6 Å². The predicted octanol–water partition coefficient (Wildman–Crippen LogP) is 1.35. The normalized spacial score (nSPS) is 18.5. The molecule has 1 aliphatic heterocycles. The zero-order chi connectivity index (χ0) is 17.4. The monoisotopic (exact) mass is 360 g/mol. The van der Waals surface area contributed by atoms with Crippen molar-refractivity contribution >= 4 is 20.0 Å². The highest BCUT2D eigenvalue weighted by molar-refractivity contribution is 7.89. The summed E-state index contributed by atoms with van der Waals surface area (Å²) in [5.41, 5.74) is 1.63. The first kappa shape index (κ1) is 18.4. The zero-order valence-electron chi connectivity index (χ0n) is 14.0. The topological polar surface area (TPSA) is 74.8 Å². The van der Waals surface area contributed by atoms with Crippen LogP contribution < -0.4 is 0 Å². The molecule has 0 N–H and O–H groups in total. The van der Waals surface area contributed by atoms with Gasteiger partial charge in [0.25, 0.3) is 0 Å². The molecule has 0 amide bonds. The molecule has 1 fully saturated rings. The summed E-state index contributed by atoms with van der Waals surface area (Å²) in [6.07, 6.45) is 2.19. The Morgan fingerprint density at radius 1 is 1.09 bits per heavy atom. The summed E-state index contributed by atoms with van der Waals surface area (Å²) in [5.74, 6) is 0. The highest BCUT2D eigenvalue weighted by Gasteiger charge is 2.33. The van der Waals surface area contributed by atoms with Crippen LogP contribution in [0.4, 0.5) is 0 Å². The van der Waals surface area contributed by atoms with Gasteiger partial charge in [0.05, 0.1) is 11.2 Å². The van der Waals surface area contributed by atoms with Gasteiger partial charge in [0.1, 0.15) is 0 Å². The maximum Gasteiger partial charge on any atom is 0.243 e. The van der Waals surface area contributed by atoms with Crippen LogP contribution in [0.2, 0.25) is 0 Å². The SMILES string of the molecule is Cc1ccc(C)c(S(=O)(=O)N2CCC(N(C)S(C)(=O)=O)CC2)c1. The fraction of sp³-hybridized carbons (Fsp3) is 0.600. The second-order valence-corrected chi connectivity index (χ2v) is 10.1. The maximum absolute atomic E-state index is 12.8. The minimum atomic E-state index is -3.53. The molecule has 0 aromatic heterocycles. The van der Waals surface area contributed by atoms with Gasteiger partial charge in [-0.15, -0.1) is 0 Å². The first-order chi connectivity index (χ1) is 10.5. The molecule has 0 unspecified atom stereocenters. The molecule has 0 saturated carbocycles. The Hall–Kier alpha value is -0.960. The minimum Gasteiger partial charge on any atom is -0.213 e. The summed E-state index contributed by atoms with van der Waals surface area (Å²) >= 11 is 0. The smallest absolute Gasteiger partial charge is 0.213 e. The van der Waals surface area contributed by atoms with Gasteiger partial charge >= 0.3 is 0 Å². The van der Waals surface area contributed by atoms with Crippen molar-refractivity contribution in [3.8, 4) is 0 Å². The molecule has 6 nitrogen and oxygen atoms in total. The number of nitrogens with zero attached hydrogens (tertiary/aromatic N) is 2. The molecule has 130 valence electrons. The highest BCUT2D eigenvalue weighted by atomic mass is 32.2. The number of rotatable bonds is 4. The van der Waals surface area contributed by atoms with E-state index < -0.39 is 20.0 Å². The fourth-order valence-corrected chi connectivity index (χ4v) is 5.37. The molecule has 8 heteroatoms. The van der Waals surface area contributed by atoms with Gasteiger partial charge in [0.2, 0.25) is 20.0 Å². The fourth-order valence-electron chi connectivity index (χ4n) is 2.84. The van der Waals surface area contributed by atoms with Gasteiger partial charge in [-0.1, -0.05) is 12.1 Å². The number of sulfonamides is 2. The Balaban J connectivity index is 2.17. The lowest BCUT2D eigenvalue weighted by molar-refractivity contribution is 0.239. The molecule has 1 aliphatic rings. The number of hydrogen-bond donors (Lipinski definition) is 0. The van der Waals surface area contributed by atoms with Crippen LogP contribution >= 0.6 is 0 Å². The molecule has 2 rings (SSSR count). The van der Waals surface area contributed by atoms with Crippen LogP contribution in [0, 0.1) is 13.8 Å². The molecule has 1 saturated heterocycles. The van der Waals surface area contributed by atoms with E-state index in [9.17, 15) is 16.8 Å². The second-order valence-electron chi connectivity index (χ2n) is 6.18. The van der Waals surface area contributed by atoms with Crippen molar-refractivity contribution in [3.05, 3.63) is 29.3 Å². The average Bonchev–Trinajstić information content (AvgIpc) is 2.48. The van der Waals surface area contributed by atoms with Crippen molar-refractivity contribution in [1.82, 2.24) is 8.61 Å². The van der Waals surface area contributed by atoms with E-state index in [1.807, 2.05) is 19.1 Å². The number of piperidine rings is 1. The number of benzene rings is 1. The summed E-state index contributed by atoms with van der Waals surface area (Å²) in [7, 11) is -5.24. The number of hydrogen-bond acceptors (Lipinski definition) is 4. The standard InChI is InChI=1S/C15H24N2O4S2/c1-12-5-6-13(2)15(11-12)23(20,21)17-9-7-14(8-10-17)16(3)22(4,18)19/h5-6,11,14H,7-10H2,1-4H3. The summed E-state index contributed by atoms with van der Waals surface area (Å²) in [6, 6.07) is 5.25. The van der Waals surface area contributed by atoms with Gasteiger partial charge in [0, 0.05) is 26.2 Å². The zero-order valence-corrected chi connectivity index (χ0v) is 15.6. The van der Waals surface area contributed by atoms with E-state index in [0.29, 0.717) is 30.8 Å². The van der Waals surface area contributed by atoms with Crippen molar-refractivity contribution in [1.29, 1.82) is 0 Å². The number of aryl methyl sites for hydroxylation is 2. The lowest BCUT2D eigenvalue weighted by atomic mass is 10.1. The van der Waals surface area contributed by atoms with E-state index in [-0.39, 0.29) is 6.04 Å². The molecule has 0 radical (unpaired) electrons. The molecule has 0 atom stereocenters. The van der Waals surface area contributed by atoms with Gasteiger partial charge in [-0.3, -0.25) is 0 Å². The first-order valence-corrected chi connectivity index (χ1v) is 10.8. The van der Waals surface area contributed by atoms with E-state index in [1.165, 1.54) is 14.9 Å². The molecule has 1 aromatic carbocycles. The third-order valence-electron chi connectivity index (χ3n) is 4.42. The summed E-state index contributed by atoms with van der Waals surface area (Å²) in [6.45, 7) is 4.32. The maximum atomic E-state index is 12.8. The van der Waals surface area contributed by atoms with Crippen molar-refractivity contribution in [3.63, 3.8) is 0 Å². The van der Waals surface area contributed by atoms with Crippen LogP contribution in [0.15, 0.2) is 23.1 Å². The van der Waals surface area contributed by atoms with Crippen molar-refractivity contribution < 1.29 is 16.8 Å². The van der Waals surface area contributed by atoms with Gasteiger partial charge < -0.3 is 0 Å². The summed E-state index contributed by atoms with van der Waals surface area (Å²) < 4.78 is 51.7. The van der Waals surface area contributed by atoms with E-state index in [1.54, 1.807) is 20.0 Å². The van der Waals surface area contributed by atoms with E-state index >= 15 is 0 Å². The lowest BCUT2D eigenvalue weighted by Gasteiger charge is -2.35. The summed E-state index contributed by atoms with van der Waals surface area (Å²) in [5, 5.41) is 0. The summed E-state index contributed by atoms with van der Waals surface area (Å²) in [4.78, 5) is 0.340. The van der Waals surface area contributed by atoms with Crippen LogP contribution in [0.1, 0.15) is 24.0 Å². The van der Waals surface area contributed by atoms with Crippen LogP contribution in [-0.2, 0) is 20.0 Å². The Kier molecular flexibility index (Phi) is 5.20. The van der Waals surface area contributed by atoms with Crippen LogP contribution in [0.3, 0.4) is 0 Å². The largest absolute Gasteiger partial charge is 0.243 e. The average molecular weight is 361 g/mol. The minimum absolute atomic E-state index is 0.143. The molecule has 23 heavy (non-hydrogen) atoms. The molecule has 1 aromatic rings. The van der Waals surface area contributed by atoms with E-state index in [4.69, 9.17) is 0 Å². The second kappa shape index (κ2) is 6.51. The van der Waals surface area contributed by atoms with Gasteiger partial charge in [-0.05, 0) is 43.9 Å². The van der Waals surface area contributed by atoms with Gasteiger partial charge in [0.15, 0.2) is 0 Å². The van der Waals surface area contributed by atoms with Crippen LogP contribution in [0.5, 0.6) is 0 Å². The Labute approximate surface area is 139 Å². The Morgan fingerprint density at radius 2 is 1.65 bits per heavy atom. The third-order valence-corrected chi connectivity index (χ3v) is 7.81. The lowest BCUT2D eigenvalue weighted by Crippen LogP contribution is -2.47. The molecule has 0 spiro atoms. The molecular weight excluding hydrogens is 336 g/mol. The van der Waals surface area contributed by atoms with Crippen LogP contribution in [0.25, 0.3) is 0 Å². The van der Waals surface area contributed by atoms with E-state index in [0.717, 1.165) is 11.1 Å². The van der Waals surface area contributed by atoms with Crippen LogP contribution in [-0.4, -0.2) is 57.9 Å². The van der Waals surface area contributed by atoms with Gasteiger partial charge in [-0.2, -0.15) is 4.31 Å². The molecule has 1 heterocycles. The van der Waals surface area contributed by atoms with E-state index in [2.05, 4.69) is 0 Å². The predicted molar refractivity (Wildman–Crippen MR) is 90.3 cm³/mol. The highest BCUT2D eigenvalue weighted by Crippen LogP contribution is 2.26. The quantitative estimate of drug-likeness (QED) is 0.812. The molecule has 0 aliphatic carbocycles. The first-order valence-electron chi connectivity index (χ1n) is 7.54. The van der Waals surface area contributed by atoms with Gasteiger partial charge in [-0.25, -0.2) is 21.1 Å². The molecule has 0 bridgehead atoms. The Morgan fingerprint density at radius 3 is 2.17 bits per heavy atom. The third kappa shape index (κ3) is 3.93. The molecular formula is C15H24N2O4S2. The van der Waals surface area contributed by atoms with Crippen molar-refractivity contribution in [2.75, 3.05) is 26.4 Å². The Bertz CT molecular complexity index is 780.